The Morgan fingerprint density at radius 1 is 1.11 bits per heavy atom. The molecule has 0 fully saturated rings. The molecule has 1 aromatic heterocycles. The van der Waals surface area contributed by atoms with Gasteiger partial charge < -0.3 is 4.57 Å². The van der Waals surface area contributed by atoms with Gasteiger partial charge in [0.05, 0.1) is 12.3 Å². The first-order valence-electron chi connectivity index (χ1n) is 9.19. The maximum Gasteiger partial charge on any atom is 0.209 e. The van der Waals surface area contributed by atoms with Crippen LogP contribution in [0.3, 0.4) is 0 Å². The molecule has 10 heteroatoms. The highest BCUT2D eigenvalue weighted by Gasteiger charge is 2.28. The van der Waals surface area contributed by atoms with Gasteiger partial charge in [0.15, 0.2) is 5.82 Å². The van der Waals surface area contributed by atoms with E-state index in [0.29, 0.717) is 44.0 Å². The van der Waals surface area contributed by atoms with Gasteiger partial charge in [-0.05, 0) is 23.6 Å². The van der Waals surface area contributed by atoms with Crippen molar-refractivity contribution in [2.45, 2.75) is 39.4 Å². The topological polar surface area (TPSA) is 80.1 Å². The van der Waals surface area contributed by atoms with Gasteiger partial charge in [-0.15, -0.1) is 10.2 Å². The number of rotatable bonds is 6. The van der Waals surface area contributed by atoms with E-state index < -0.39 is 27.7 Å². The summed E-state index contributed by atoms with van der Waals surface area (Å²) in [5.74, 6) is 0.197. The average molecular weight is 413 g/mol. The Bertz CT molecular complexity index is 925. The summed E-state index contributed by atoms with van der Waals surface area (Å²) in [5.41, 5.74) is 0.578. The van der Waals surface area contributed by atoms with Crippen LogP contribution in [0, 0.1) is 17.6 Å². The summed E-state index contributed by atoms with van der Waals surface area (Å²) in [6.45, 7) is 6.15. The smallest absolute Gasteiger partial charge is 0.209 e. The Morgan fingerprint density at radius 2 is 1.79 bits per heavy atom. The summed E-state index contributed by atoms with van der Waals surface area (Å²) in [6, 6.07) is 3.06. The van der Waals surface area contributed by atoms with Crippen molar-refractivity contribution >= 4 is 10.0 Å². The molecule has 0 amide bonds. The molecule has 0 aliphatic carbocycles. The molecule has 0 radical (unpaired) electrons. The molecular weight excluding hydrogens is 388 g/mol. The molecular formula is C18H25F2N5O2S. The molecule has 1 aliphatic rings. The Hall–Kier alpha value is -1.91. The second kappa shape index (κ2) is 8.22. The standard InChI is InChI=1S/C18H25F2N5O2S/c1-12(2)17(23-28(3,26)27)18-22-21-16-4-5-24(6-7-25(16)18)11-13-8-14(19)10-15(20)9-13/h8-10,12,17,23H,4-7,11H2,1-3H3. The third-order valence-corrected chi connectivity index (χ3v) is 5.44. The normalized spacial score (nSPS) is 16.8. The highest BCUT2D eigenvalue weighted by atomic mass is 32.2. The van der Waals surface area contributed by atoms with Crippen LogP contribution in [0.1, 0.15) is 37.1 Å². The maximum absolute atomic E-state index is 13.4. The minimum Gasteiger partial charge on any atom is -0.312 e. The Labute approximate surface area is 163 Å². The van der Waals surface area contributed by atoms with E-state index in [2.05, 4.69) is 19.8 Å². The predicted molar refractivity (Wildman–Crippen MR) is 101 cm³/mol. The van der Waals surface area contributed by atoms with Gasteiger partial charge in [-0.25, -0.2) is 21.9 Å². The molecule has 0 saturated carbocycles. The largest absolute Gasteiger partial charge is 0.312 e. The lowest BCUT2D eigenvalue weighted by atomic mass is 10.1. The number of benzene rings is 1. The number of nitrogens with one attached hydrogen (secondary N) is 1. The minimum absolute atomic E-state index is 0.00218. The van der Waals surface area contributed by atoms with Gasteiger partial charge in [0.1, 0.15) is 17.5 Å². The highest BCUT2D eigenvalue weighted by Crippen LogP contribution is 2.23. The van der Waals surface area contributed by atoms with E-state index in [4.69, 9.17) is 0 Å². The van der Waals surface area contributed by atoms with Crippen LogP contribution in [0.2, 0.25) is 0 Å². The lowest BCUT2D eigenvalue weighted by Gasteiger charge is -2.22. The van der Waals surface area contributed by atoms with Gasteiger partial charge in [-0.2, -0.15) is 0 Å². The summed E-state index contributed by atoms with van der Waals surface area (Å²) in [4.78, 5) is 2.10. The third-order valence-electron chi connectivity index (χ3n) is 4.76. The maximum atomic E-state index is 13.4. The molecule has 1 N–H and O–H groups in total. The fourth-order valence-corrected chi connectivity index (χ4v) is 4.29. The second-order valence-electron chi connectivity index (χ2n) is 7.54. The van der Waals surface area contributed by atoms with E-state index in [9.17, 15) is 17.2 Å². The van der Waals surface area contributed by atoms with E-state index in [1.807, 2.05) is 18.4 Å². The summed E-state index contributed by atoms with van der Waals surface area (Å²) in [7, 11) is -3.40. The van der Waals surface area contributed by atoms with E-state index in [0.717, 1.165) is 18.1 Å². The highest BCUT2D eigenvalue weighted by molar-refractivity contribution is 7.88. The molecule has 7 nitrogen and oxygen atoms in total. The number of hydrogen-bond donors (Lipinski definition) is 1. The zero-order chi connectivity index (χ0) is 20.5. The lowest BCUT2D eigenvalue weighted by molar-refractivity contribution is 0.268. The van der Waals surface area contributed by atoms with Crippen LogP contribution in [0.25, 0.3) is 0 Å². The molecule has 0 spiro atoms. The molecule has 1 aliphatic heterocycles. The van der Waals surface area contributed by atoms with Crippen LogP contribution in [-0.4, -0.2) is 47.4 Å². The SMILES string of the molecule is CC(C)C(NS(C)(=O)=O)c1nnc2n1CCN(Cc1cc(F)cc(F)c1)CC2. The lowest BCUT2D eigenvalue weighted by Crippen LogP contribution is -2.33. The molecule has 3 rings (SSSR count). The molecule has 1 atom stereocenters. The summed E-state index contributed by atoms with van der Waals surface area (Å²) in [5, 5.41) is 8.50. The number of halogens is 2. The van der Waals surface area contributed by atoms with Crippen molar-refractivity contribution in [1.29, 1.82) is 0 Å². The second-order valence-corrected chi connectivity index (χ2v) is 9.32. The first kappa shape index (κ1) is 20.8. The fraction of sp³-hybridized carbons (Fsp3) is 0.556. The first-order valence-corrected chi connectivity index (χ1v) is 11.1. The van der Waals surface area contributed by atoms with Crippen molar-refractivity contribution < 1.29 is 17.2 Å². The van der Waals surface area contributed by atoms with Crippen molar-refractivity contribution in [3.8, 4) is 0 Å². The van der Waals surface area contributed by atoms with Gasteiger partial charge in [0.25, 0.3) is 0 Å². The summed E-state index contributed by atoms with van der Waals surface area (Å²) >= 11 is 0. The number of sulfonamides is 1. The van der Waals surface area contributed by atoms with Crippen molar-refractivity contribution in [2.24, 2.45) is 5.92 Å². The Morgan fingerprint density at radius 3 is 2.39 bits per heavy atom. The predicted octanol–water partition coefficient (Wildman–Crippen LogP) is 1.86. The van der Waals surface area contributed by atoms with Crippen molar-refractivity contribution in [3.63, 3.8) is 0 Å². The Balaban J connectivity index is 1.77. The number of hydrogen-bond acceptors (Lipinski definition) is 5. The third kappa shape index (κ3) is 5.12. The molecule has 154 valence electrons. The van der Waals surface area contributed by atoms with Gasteiger partial charge >= 0.3 is 0 Å². The van der Waals surface area contributed by atoms with Crippen molar-refractivity contribution in [3.05, 3.63) is 47.0 Å². The van der Waals surface area contributed by atoms with Crippen LogP contribution in [0.4, 0.5) is 8.78 Å². The first-order chi connectivity index (χ1) is 13.1. The van der Waals surface area contributed by atoms with E-state index in [1.54, 1.807) is 0 Å². The van der Waals surface area contributed by atoms with E-state index in [-0.39, 0.29) is 5.92 Å². The van der Waals surface area contributed by atoms with E-state index in [1.165, 1.54) is 12.1 Å². The monoisotopic (exact) mass is 413 g/mol. The van der Waals surface area contributed by atoms with E-state index >= 15 is 0 Å². The van der Waals surface area contributed by atoms with Crippen LogP contribution in [-0.2, 0) is 29.5 Å². The fourth-order valence-electron chi connectivity index (χ4n) is 3.46. The molecule has 0 bridgehead atoms. The zero-order valence-electron chi connectivity index (χ0n) is 16.2. The van der Waals surface area contributed by atoms with Gasteiger partial charge in [0.2, 0.25) is 10.0 Å². The van der Waals surface area contributed by atoms with Crippen LogP contribution in [0.5, 0.6) is 0 Å². The molecule has 0 saturated heterocycles. The summed E-state index contributed by atoms with van der Waals surface area (Å²) < 4.78 is 55.0. The van der Waals surface area contributed by atoms with Gasteiger partial charge in [-0.1, -0.05) is 13.8 Å². The van der Waals surface area contributed by atoms with Crippen molar-refractivity contribution in [1.82, 2.24) is 24.4 Å². The molecule has 1 unspecified atom stereocenters. The zero-order valence-corrected chi connectivity index (χ0v) is 17.0. The molecule has 1 aromatic carbocycles. The van der Waals surface area contributed by atoms with Crippen LogP contribution >= 0.6 is 0 Å². The quantitative estimate of drug-likeness (QED) is 0.782. The number of fused-ring (bicyclic) bond motifs is 1. The molecule has 2 heterocycles. The van der Waals surface area contributed by atoms with Gasteiger partial charge in [-0.3, -0.25) is 4.90 Å². The number of nitrogens with zero attached hydrogens (tertiary/aromatic N) is 4. The van der Waals surface area contributed by atoms with Crippen LogP contribution < -0.4 is 4.72 Å². The molecule has 28 heavy (non-hydrogen) atoms. The molecule has 2 aromatic rings. The van der Waals surface area contributed by atoms with Crippen molar-refractivity contribution in [2.75, 3.05) is 19.3 Å². The number of aromatic nitrogens is 3. The Kier molecular flexibility index (Phi) is 6.11. The summed E-state index contributed by atoms with van der Waals surface area (Å²) in [6.07, 6.45) is 1.75. The minimum atomic E-state index is -3.40. The van der Waals surface area contributed by atoms with Crippen LogP contribution in [0.15, 0.2) is 18.2 Å². The average Bonchev–Trinajstić information content (AvgIpc) is 2.85. The van der Waals surface area contributed by atoms with Gasteiger partial charge in [0, 0.05) is 38.7 Å².